The molecule has 1 aliphatic rings. The molecule has 9 heteroatoms. The van der Waals surface area contributed by atoms with E-state index in [9.17, 15) is 8.42 Å². The molecular weight excluding hydrogens is 444 g/mol. The molecule has 0 fully saturated rings. The highest BCUT2D eigenvalue weighted by atomic mass is 32.2. The molecule has 0 saturated carbocycles. The molecule has 0 aliphatic carbocycles. The third-order valence-corrected chi connectivity index (χ3v) is 6.75. The molecule has 8 nitrogen and oxygen atoms in total. The van der Waals surface area contributed by atoms with Crippen LogP contribution >= 0.6 is 0 Å². The van der Waals surface area contributed by atoms with Crippen molar-refractivity contribution >= 4 is 21.0 Å². The van der Waals surface area contributed by atoms with Crippen molar-refractivity contribution in [1.29, 1.82) is 0 Å². The molecule has 33 heavy (non-hydrogen) atoms. The van der Waals surface area contributed by atoms with Gasteiger partial charge in [-0.25, -0.2) is 8.42 Å². The van der Waals surface area contributed by atoms with E-state index in [-0.39, 0.29) is 4.90 Å². The molecule has 1 aliphatic heterocycles. The molecule has 0 spiro atoms. The van der Waals surface area contributed by atoms with Crippen LogP contribution in [0.4, 0.5) is 0 Å². The van der Waals surface area contributed by atoms with Crippen LogP contribution in [0.5, 0.6) is 17.2 Å². The number of ether oxygens (including phenoxy) is 3. The minimum Gasteiger partial charge on any atom is -0.495 e. The van der Waals surface area contributed by atoms with Gasteiger partial charge in [-0.3, -0.25) is 4.98 Å². The summed E-state index contributed by atoms with van der Waals surface area (Å²) < 4.78 is 52.4. The molecule has 0 radical (unpaired) electrons. The minimum absolute atomic E-state index is 0.0442. The summed E-state index contributed by atoms with van der Waals surface area (Å²) in [6.07, 6.45) is 2.30. The number of benzene rings is 2. The van der Waals surface area contributed by atoms with Crippen LogP contribution in [0.15, 0.2) is 76.2 Å². The first kappa shape index (κ1) is 21.3. The molecule has 0 unspecified atom stereocenters. The normalized spacial score (nSPS) is 14.6. The van der Waals surface area contributed by atoms with E-state index in [0.717, 1.165) is 11.8 Å². The molecular formula is C24H22N2O6S. The first-order valence-electron chi connectivity index (χ1n) is 10.4. The molecule has 0 amide bonds. The number of sulfonamides is 1. The third kappa shape index (κ3) is 4.24. The van der Waals surface area contributed by atoms with Crippen molar-refractivity contribution in [2.24, 2.45) is 0 Å². The van der Waals surface area contributed by atoms with Gasteiger partial charge >= 0.3 is 0 Å². The van der Waals surface area contributed by atoms with E-state index in [1.807, 2.05) is 24.3 Å². The molecule has 1 N–H and O–H groups in total. The van der Waals surface area contributed by atoms with Crippen LogP contribution in [0.3, 0.4) is 0 Å². The van der Waals surface area contributed by atoms with Gasteiger partial charge < -0.3 is 18.6 Å². The number of para-hydroxylation sites is 1. The number of nitrogens with zero attached hydrogens (tertiary/aromatic N) is 1. The van der Waals surface area contributed by atoms with Gasteiger partial charge in [-0.05, 0) is 36.4 Å². The third-order valence-electron chi connectivity index (χ3n) is 5.32. The number of hydrogen-bond donors (Lipinski definition) is 1. The first-order valence-corrected chi connectivity index (χ1v) is 11.9. The number of nitrogens with one attached hydrogen (secondary N) is 1. The highest BCUT2D eigenvalue weighted by Crippen LogP contribution is 2.35. The monoisotopic (exact) mass is 466 g/mol. The maximum Gasteiger partial charge on any atom is 0.241 e. The van der Waals surface area contributed by atoms with Crippen LogP contribution in [0.2, 0.25) is 0 Å². The minimum atomic E-state index is -4.00. The molecule has 0 bridgehead atoms. The molecule has 4 aromatic rings. The van der Waals surface area contributed by atoms with Gasteiger partial charge in [0, 0.05) is 24.1 Å². The van der Waals surface area contributed by atoms with Crippen molar-refractivity contribution in [3.63, 3.8) is 0 Å². The van der Waals surface area contributed by atoms with Gasteiger partial charge in [0.05, 0.1) is 25.2 Å². The van der Waals surface area contributed by atoms with Crippen molar-refractivity contribution in [2.75, 3.05) is 20.3 Å². The Morgan fingerprint density at radius 1 is 1.00 bits per heavy atom. The van der Waals surface area contributed by atoms with Crippen LogP contribution < -0.4 is 18.9 Å². The van der Waals surface area contributed by atoms with E-state index < -0.39 is 16.1 Å². The summed E-state index contributed by atoms with van der Waals surface area (Å²) >= 11 is 0. The predicted molar refractivity (Wildman–Crippen MR) is 121 cm³/mol. The average molecular weight is 467 g/mol. The van der Waals surface area contributed by atoms with Gasteiger partial charge in [0.15, 0.2) is 11.5 Å². The van der Waals surface area contributed by atoms with Crippen molar-refractivity contribution in [3.05, 3.63) is 78.3 Å². The molecule has 1 atom stereocenters. The Labute approximate surface area is 191 Å². The van der Waals surface area contributed by atoms with Gasteiger partial charge in [-0.1, -0.05) is 18.2 Å². The molecule has 0 saturated heterocycles. The number of hydrogen-bond acceptors (Lipinski definition) is 7. The van der Waals surface area contributed by atoms with Crippen LogP contribution in [-0.4, -0.2) is 33.7 Å². The second kappa shape index (κ2) is 8.76. The maximum absolute atomic E-state index is 13.5. The number of pyridine rings is 1. The topological polar surface area (TPSA) is 99.9 Å². The summed E-state index contributed by atoms with van der Waals surface area (Å²) in [5, 5.41) is 0.849. The Balaban J connectivity index is 1.57. The summed E-state index contributed by atoms with van der Waals surface area (Å²) in [5.41, 5.74) is 1.03. The van der Waals surface area contributed by atoms with Crippen molar-refractivity contribution < 1.29 is 27.0 Å². The lowest BCUT2D eigenvalue weighted by Gasteiger charge is -2.19. The lowest BCUT2D eigenvalue weighted by molar-refractivity contribution is 0.297. The fourth-order valence-electron chi connectivity index (χ4n) is 3.72. The molecule has 170 valence electrons. The summed E-state index contributed by atoms with van der Waals surface area (Å²) in [6, 6.07) is 16.3. The zero-order chi connectivity index (χ0) is 22.8. The van der Waals surface area contributed by atoms with E-state index in [1.165, 1.54) is 19.2 Å². The summed E-state index contributed by atoms with van der Waals surface area (Å²) in [7, 11) is -2.50. The first-order chi connectivity index (χ1) is 16.0. The van der Waals surface area contributed by atoms with Gasteiger partial charge in [0.1, 0.15) is 28.8 Å². The number of rotatable bonds is 6. The van der Waals surface area contributed by atoms with Crippen molar-refractivity contribution in [2.45, 2.75) is 17.4 Å². The summed E-state index contributed by atoms with van der Waals surface area (Å²) in [4.78, 5) is 4.44. The van der Waals surface area contributed by atoms with Gasteiger partial charge in [0.2, 0.25) is 10.0 Å². The van der Waals surface area contributed by atoms with E-state index in [4.69, 9.17) is 18.6 Å². The fraction of sp³-hybridized carbons (Fsp3) is 0.208. The van der Waals surface area contributed by atoms with Crippen LogP contribution in [0.1, 0.15) is 23.9 Å². The zero-order valence-corrected chi connectivity index (χ0v) is 18.7. The van der Waals surface area contributed by atoms with E-state index in [1.54, 1.807) is 30.5 Å². The SMILES string of the molecule is COc1cccnc1[C@@H](NS(=O)(=O)c1ccc2c(c1)OCCCO2)c1cc2ccccc2o1. The molecule has 2 aromatic carbocycles. The zero-order valence-electron chi connectivity index (χ0n) is 17.9. The smallest absolute Gasteiger partial charge is 0.241 e. The highest BCUT2D eigenvalue weighted by molar-refractivity contribution is 7.89. The lowest BCUT2D eigenvalue weighted by Crippen LogP contribution is -2.30. The van der Waals surface area contributed by atoms with Crippen LogP contribution in [0.25, 0.3) is 11.0 Å². The Kier molecular flexibility index (Phi) is 5.65. The summed E-state index contributed by atoms with van der Waals surface area (Å²) in [6.45, 7) is 0.974. The van der Waals surface area contributed by atoms with Crippen molar-refractivity contribution in [1.82, 2.24) is 9.71 Å². The number of methoxy groups -OCH3 is 1. The second-order valence-electron chi connectivity index (χ2n) is 7.49. The largest absolute Gasteiger partial charge is 0.495 e. The number of fused-ring (bicyclic) bond motifs is 2. The van der Waals surface area contributed by atoms with Gasteiger partial charge in [-0.2, -0.15) is 4.72 Å². The lowest BCUT2D eigenvalue weighted by atomic mass is 10.1. The standard InChI is InChI=1S/C24H22N2O6S/c1-29-20-8-4-11-25-23(20)24(22-14-16-6-2-3-7-18(16)32-22)26-33(27,28)17-9-10-19-21(15-17)31-13-5-12-30-19/h2-4,6-11,14-15,24,26H,5,12-13H2,1H3/t24-/m0/s1. The Hall–Kier alpha value is -3.56. The van der Waals surface area contributed by atoms with Crippen molar-refractivity contribution in [3.8, 4) is 17.2 Å². The molecule has 2 aromatic heterocycles. The Bertz CT molecular complexity index is 1370. The van der Waals surface area contributed by atoms with Gasteiger partial charge in [0.25, 0.3) is 0 Å². The molecule has 3 heterocycles. The Morgan fingerprint density at radius 2 is 1.82 bits per heavy atom. The van der Waals surface area contributed by atoms with E-state index in [0.29, 0.717) is 47.5 Å². The van der Waals surface area contributed by atoms with E-state index >= 15 is 0 Å². The predicted octanol–water partition coefficient (Wildman–Crippen LogP) is 4.07. The summed E-state index contributed by atoms with van der Waals surface area (Å²) in [5.74, 6) is 1.74. The second-order valence-corrected chi connectivity index (χ2v) is 9.20. The Morgan fingerprint density at radius 3 is 2.64 bits per heavy atom. The number of aromatic nitrogens is 1. The van der Waals surface area contributed by atoms with Gasteiger partial charge in [-0.15, -0.1) is 0 Å². The maximum atomic E-state index is 13.5. The van der Waals surface area contributed by atoms with E-state index in [2.05, 4.69) is 9.71 Å². The fourth-order valence-corrected chi connectivity index (χ4v) is 4.90. The van der Waals surface area contributed by atoms with Crippen LogP contribution in [0, 0.1) is 0 Å². The van der Waals surface area contributed by atoms with Crippen LogP contribution in [-0.2, 0) is 10.0 Å². The quantitative estimate of drug-likeness (QED) is 0.457. The molecule has 5 rings (SSSR count). The average Bonchev–Trinajstić information content (AvgIpc) is 3.12. The number of furan rings is 1. The highest BCUT2D eigenvalue weighted by Gasteiger charge is 2.30.